The average molecular weight is 307 g/mol. The van der Waals surface area contributed by atoms with Crippen LogP contribution in [0.15, 0.2) is 36.4 Å². The zero-order valence-electron chi connectivity index (χ0n) is 10.8. The van der Waals surface area contributed by atoms with Crippen molar-refractivity contribution in [2.24, 2.45) is 0 Å². The molecule has 2 rings (SSSR count). The fraction of sp³-hybridized carbons (Fsp3) is 0.250. The van der Waals surface area contributed by atoms with Crippen LogP contribution in [0.25, 0.3) is 0 Å². The van der Waals surface area contributed by atoms with Gasteiger partial charge in [-0.05, 0) is 48.6 Å². The average Bonchev–Trinajstić information content (AvgIpc) is 2.35. The van der Waals surface area contributed by atoms with Gasteiger partial charge in [-0.1, -0.05) is 52.3 Å². The first-order chi connectivity index (χ1) is 8.50. The fourth-order valence-electron chi connectivity index (χ4n) is 2.18. The molecule has 0 aliphatic heterocycles. The highest BCUT2D eigenvalue weighted by Gasteiger charge is 2.14. The number of hydrogen-bond acceptors (Lipinski definition) is 0. The SMILES string of the molecule is Cc1ccccc1C(Br)c1cc(C)c(F)c(C)c1. The molecule has 0 radical (unpaired) electrons. The van der Waals surface area contributed by atoms with Crippen LogP contribution in [-0.4, -0.2) is 0 Å². The van der Waals surface area contributed by atoms with Gasteiger partial charge in [0, 0.05) is 0 Å². The smallest absolute Gasteiger partial charge is 0.129 e. The van der Waals surface area contributed by atoms with E-state index in [-0.39, 0.29) is 10.6 Å². The third-order valence-electron chi connectivity index (χ3n) is 3.21. The van der Waals surface area contributed by atoms with Crippen molar-refractivity contribution in [2.45, 2.75) is 25.6 Å². The van der Waals surface area contributed by atoms with E-state index in [2.05, 4.69) is 35.0 Å². The van der Waals surface area contributed by atoms with Gasteiger partial charge >= 0.3 is 0 Å². The van der Waals surface area contributed by atoms with Crippen molar-refractivity contribution >= 4 is 15.9 Å². The van der Waals surface area contributed by atoms with Gasteiger partial charge in [0.15, 0.2) is 0 Å². The number of rotatable bonds is 2. The lowest BCUT2D eigenvalue weighted by atomic mass is 9.97. The molecule has 0 fully saturated rings. The number of benzene rings is 2. The van der Waals surface area contributed by atoms with Crippen molar-refractivity contribution in [2.75, 3.05) is 0 Å². The molecular weight excluding hydrogens is 291 g/mol. The van der Waals surface area contributed by atoms with Crippen LogP contribution in [0, 0.1) is 26.6 Å². The van der Waals surface area contributed by atoms with Crippen LogP contribution in [0.5, 0.6) is 0 Å². The lowest BCUT2D eigenvalue weighted by molar-refractivity contribution is 0.608. The summed E-state index contributed by atoms with van der Waals surface area (Å²) in [5.74, 6) is -0.108. The fourth-order valence-corrected chi connectivity index (χ4v) is 2.95. The molecule has 0 nitrogen and oxygen atoms in total. The van der Waals surface area contributed by atoms with Crippen molar-refractivity contribution in [3.63, 3.8) is 0 Å². The van der Waals surface area contributed by atoms with Crippen LogP contribution < -0.4 is 0 Å². The summed E-state index contributed by atoms with van der Waals surface area (Å²) in [5, 5.41) is 0. The molecule has 0 aliphatic carbocycles. The highest BCUT2D eigenvalue weighted by atomic mass is 79.9. The molecule has 94 valence electrons. The van der Waals surface area contributed by atoms with E-state index in [1.165, 1.54) is 11.1 Å². The van der Waals surface area contributed by atoms with E-state index < -0.39 is 0 Å². The molecule has 0 saturated carbocycles. The summed E-state index contributed by atoms with van der Waals surface area (Å²) in [6.45, 7) is 5.71. The molecule has 0 saturated heterocycles. The van der Waals surface area contributed by atoms with Crippen molar-refractivity contribution in [3.8, 4) is 0 Å². The summed E-state index contributed by atoms with van der Waals surface area (Å²) in [7, 11) is 0. The van der Waals surface area contributed by atoms with Gasteiger partial charge in [-0.25, -0.2) is 4.39 Å². The first-order valence-electron chi connectivity index (χ1n) is 5.97. The quantitative estimate of drug-likeness (QED) is 0.666. The van der Waals surface area contributed by atoms with Crippen LogP contribution in [0.2, 0.25) is 0 Å². The Labute approximate surface area is 116 Å². The Kier molecular flexibility index (Phi) is 3.86. The maximum atomic E-state index is 13.6. The number of alkyl halides is 1. The summed E-state index contributed by atoms with van der Waals surface area (Å²) < 4.78 is 13.6. The molecule has 0 aromatic heterocycles. The Hall–Kier alpha value is -1.15. The minimum Gasteiger partial charge on any atom is -0.206 e. The lowest BCUT2D eigenvalue weighted by Crippen LogP contribution is -1.99. The molecule has 2 aromatic rings. The van der Waals surface area contributed by atoms with Gasteiger partial charge in [0.1, 0.15) is 5.82 Å². The largest absolute Gasteiger partial charge is 0.206 e. The molecule has 18 heavy (non-hydrogen) atoms. The Balaban J connectivity index is 2.47. The van der Waals surface area contributed by atoms with E-state index in [0.717, 1.165) is 5.56 Å². The van der Waals surface area contributed by atoms with Gasteiger partial charge < -0.3 is 0 Å². The molecule has 1 atom stereocenters. The number of aryl methyl sites for hydroxylation is 3. The minimum atomic E-state index is -0.108. The summed E-state index contributed by atoms with van der Waals surface area (Å²) in [6.07, 6.45) is 0. The zero-order chi connectivity index (χ0) is 13.3. The Morgan fingerprint density at radius 3 is 2.06 bits per heavy atom. The van der Waals surface area contributed by atoms with Crippen LogP contribution in [0.1, 0.15) is 32.6 Å². The standard InChI is InChI=1S/C16H16BrF/c1-10-6-4-5-7-14(10)15(17)13-8-11(2)16(18)12(3)9-13/h4-9,15H,1-3H3. The molecule has 1 unspecified atom stereocenters. The third-order valence-corrected chi connectivity index (χ3v) is 4.23. The summed E-state index contributed by atoms with van der Waals surface area (Å²) in [5.41, 5.74) is 4.95. The minimum absolute atomic E-state index is 0.108. The Bertz CT molecular complexity index is 552. The second-order valence-corrected chi connectivity index (χ2v) is 5.60. The van der Waals surface area contributed by atoms with Gasteiger partial charge in [-0.2, -0.15) is 0 Å². The van der Waals surface area contributed by atoms with Gasteiger partial charge in [-0.15, -0.1) is 0 Å². The number of hydrogen-bond donors (Lipinski definition) is 0. The number of halogens is 2. The van der Waals surface area contributed by atoms with Gasteiger partial charge in [-0.3, -0.25) is 0 Å². The molecule has 0 bridgehead atoms. The van der Waals surface area contributed by atoms with E-state index in [1.807, 2.05) is 38.1 Å². The molecule has 2 aromatic carbocycles. The Morgan fingerprint density at radius 1 is 0.944 bits per heavy atom. The second-order valence-electron chi connectivity index (χ2n) is 4.69. The topological polar surface area (TPSA) is 0 Å². The third kappa shape index (κ3) is 2.49. The van der Waals surface area contributed by atoms with Crippen molar-refractivity contribution in [1.82, 2.24) is 0 Å². The first-order valence-corrected chi connectivity index (χ1v) is 6.88. The highest BCUT2D eigenvalue weighted by Crippen LogP contribution is 2.34. The summed E-state index contributed by atoms with van der Waals surface area (Å²) in [6, 6.07) is 12.1. The van der Waals surface area contributed by atoms with E-state index in [1.54, 1.807) is 0 Å². The normalized spacial score (nSPS) is 12.5. The predicted octanol–water partition coefficient (Wildman–Crippen LogP) is 5.24. The second kappa shape index (κ2) is 5.23. The van der Waals surface area contributed by atoms with E-state index >= 15 is 0 Å². The van der Waals surface area contributed by atoms with Gasteiger partial charge in [0.2, 0.25) is 0 Å². The van der Waals surface area contributed by atoms with E-state index in [4.69, 9.17) is 0 Å². The Morgan fingerprint density at radius 2 is 1.50 bits per heavy atom. The van der Waals surface area contributed by atoms with E-state index in [9.17, 15) is 4.39 Å². The zero-order valence-corrected chi connectivity index (χ0v) is 12.4. The maximum absolute atomic E-state index is 13.6. The van der Waals surface area contributed by atoms with Crippen molar-refractivity contribution in [1.29, 1.82) is 0 Å². The first kappa shape index (κ1) is 13.3. The van der Waals surface area contributed by atoms with Crippen molar-refractivity contribution in [3.05, 3.63) is 70.0 Å². The maximum Gasteiger partial charge on any atom is 0.129 e. The van der Waals surface area contributed by atoms with E-state index in [0.29, 0.717) is 11.1 Å². The molecule has 0 spiro atoms. The van der Waals surface area contributed by atoms with Gasteiger partial charge in [0.25, 0.3) is 0 Å². The van der Waals surface area contributed by atoms with Crippen LogP contribution in [0.4, 0.5) is 4.39 Å². The molecule has 0 aliphatic rings. The van der Waals surface area contributed by atoms with Crippen LogP contribution in [0.3, 0.4) is 0 Å². The molecule has 0 amide bonds. The van der Waals surface area contributed by atoms with Crippen molar-refractivity contribution < 1.29 is 4.39 Å². The summed E-state index contributed by atoms with van der Waals surface area (Å²) >= 11 is 3.72. The highest BCUT2D eigenvalue weighted by molar-refractivity contribution is 9.09. The lowest BCUT2D eigenvalue weighted by Gasteiger charge is -2.15. The molecule has 2 heteroatoms. The predicted molar refractivity (Wildman–Crippen MR) is 77.8 cm³/mol. The monoisotopic (exact) mass is 306 g/mol. The van der Waals surface area contributed by atoms with Crippen LogP contribution >= 0.6 is 15.9 Å². The molecular formula is C16H16BrF. The summed E-state index contributed by atoms with van der Waals surface area (Å²) in [4.78, 5) is 0.108. The van der Waals surface area contributed by atoms with Gasteiger partial charge in [0.05, 0.1) is 4.83 Å². The van der Waals surface area contributed by atoms with Crippen LogP contribution in [-0.2, 0) is 0 Å². The molecule has 0 heterocycles. The molecule has 0 N–H and O–H groups in total.